The number of phenolic OH excluding ortho intramolecular Hbond substituents is 1. The molecule has 2 N–H and O–H groups in total. The Morgan fingerprint density at radius 2 is 2.00 bits per heavy atom. The summed E-state index contributed by atoms with van der Waals surface area (Å²) in [5.74, 6) is 0.278. The van der Waals surface area contributed by atoms with Crippen LogP contribution in [0.4, 0.5) is 0 Å². The van der Waals surface area contributed by atoms with Gasteiger partial charge in [-0.1, -0.05) is 58.5 Å². The molecule has 1 unspecified atom stereocenters. The van der Waals surface area contributed by atoms with Gasteiger partial charge in [-0.3, -0.25) is 4.79 Å². The maximum Gasteiger partial charge on any atom is 0.255 e. The number of alkyl halides is 1. The molecule has 0 heterocycles. The van der Waals surface area contributed by atoms with Gasteiger partial charge in [0.1, 0.15) is 5.75 Å². The molecule has 106 valence electrons. The molecule has 3 nitrogen and oxygen atoms in total. The maximum absolute atomic E-state index is 12.0. The second-order valence-electron chi connectivity index (χ2n) is 4.46. The van der Waals surface area contributed by atoms with E-state index in [1.165, 1.54) is 6.07 Å². The van der Waals surface area contributed by atoms with Gasteiger partial charge < -0.3 is 10.4 Å². The molecule has 0 aliphatic rings. The number of amides is 1. The predicted molar refractivity (Wildman–Crippen MR) is 84.9 cm³/mol. The maximum atomic E-state index is 12.0. The molecular formula is C14H19Br2NO2. The first-order valence-corrected chi connectivity index (χ1v) is 8.11. The molecule has 1 atom stereocenters. The minimum absolute atomic E-state index is 0.0134. The average molecular weight is 393 g/mol. The van der Waals surface area contributed by atoms with Crippen LogP contribution in [0, 0.1) is 5.92 Å². The van der Waals surface area contributed by atoms with Gasteiger partial charge in [-0.05, 0) is 24.1 Å². The van der Waals surface area contributed by atoms with Gasteiger partial charge in [0.15, 0.2) is 0 Å². The zero-order valence-electron chi connectivity index (χ0n) is 11.1. The quantitative estimate of drug-likeness (QED) is 0.716. The SMILES string of the molecule is CCC(CC)C(Br)CNC(=O)c1ccc(Br)cc1O. The number of hydrogen-bond acceptors (Lipinski definition) is 2. The van der Waals surface area contributed by atoms with Crippen LogP contribution in [0.15, 0.2) is 22.7 Å². The van der Waals surface area contributed by atoms with E-state index in [1.807, 2.05) is 0 Å². The van der Waals surface area contributed by atoms with Crippen molar-refractivity contribution in [1.82, 2.24) is 5.32 Å². The van der Waals surface area contributed by atoms with Gasteiger partial charge in [0, 0.05) is 15.8 Å². The Hall–Kier alpha value is -0.550. The van der Waals surface area contributed by atoms with Crippen molar-refractivity contribution in [3.63, 3.8) is 0 Å². The number of benzene rings is 1. The lowest BCUT2D eigenvalue weighted by Gasteiger charge is -2.20. The number of rotatable bonds is 6. The van der Waals surface area contributed by atoms with E-state index in [1.54, 1.807) is 12.1 Å². The van der Waals surface area contributed by atoms with Crippen LogP contribution in [-0.2, 0) is 0 Å². The van der Waals surface area contributed by atoms with Gasteiger partial charge in [0.25, 0.3) is 5.91 Å². The molecule has 0 aromatic heterocycles. The van der Waals surface area contributed by atoms with E-state index in [-0.39, 0.29) is 16.5 Å². The minimum atomic E-state index is -0.250. The summed E-state index contributed by atoms with van der Waals surface area (Å²) < 4.78 is 0.747. The van der Waals surface area contributed by atoms with Crippen LogP contribution in [-0.4, -0.2) is 22.4 Å². The number of phenols is 1. The third kappa shape index (κ3) is 4.80. The summed E-state index contributed by atoms with van der Waals surface area (Å²) in [6.07, 6.45) is 2.15. The fourth-order valence-corrected chi connectivity index (χ4v) is 3.21. The summed E-state index contributed by atoms with van der Waals surface area (Å²) in [4.78, 5) is 12.2. The fraction of sp³-hybridized carbons (Fsp3) is 0.500. The molecule has 1 amide bonds. The highest BCUT2D eigenvalue weighted by Gasteiger charge is 2.17. The minimum Gasteiger partial charge on any atom is -0.507 e. The Balaban J connectivity index is 2.60. The first kappa shape index (κ1) is 16.5. The van der Waals surface area contributed by atoms with Crippen LogP contribution in [0.3, 0.4) is 0 Å². The van der Waals surface area contributed by atoms with Gasteiger partial charge in [-0.15, -0.1) is 0 Å². The van der Waals surface area contributed by atoms with E-state index in [9.17, 15) is 9.90 Å². The predicted octanol–water partition coefficient (Wildman–Crippen LogP) is 4.08. The van der Waals surface area contributed by atoms with Crippen LogP contribution in [0.2, 0.25) is 0 Å². The standard InChI is InChI=1S/C14H19Br2NO2/c1-3-9(4-2)12(16)8-17-14(19)11-6-5-10(15)7-13(11)18/h5-7,9,12,18H,3-4,8H2,1-2H3,(H,17,19). The second kappa shape index (κ2) is 7.90. The molecular weight excluding hydrogens is 374 g/mol. The molecule has 0 bridgehead atoms. The summed E-state index contributed by atoms with van der Waals surface area (Å²) in [5.41, 5.74) is 0.299. The second-order valence-corrected chi connectivity index (χ2v) is 6.56. The van der Waals surface area contributed by atoms with Crippen molar-refractivity contribution in [1.29, 1.82) is 0 Å². The van der Waals surface area contributed by atoms with Crippen molar-refractivity contribution < 1.29 is 9.90 Å². The topological polar surface area (TPSA) is 49.3 Å². The van der Waals surface area contributed by atoms with Crippen LogP contribution in [0.1, 0.15) is 37.0 Å². The van der Waals surface area contributed by atoms with Gasteiger partial charge in [-0.25, -0.2) is 0 Å². The first-order chi connectivity index (χ1) is 8.99. The molecule has 0 spiro atoms. The lowest BCUT2D eigenvalue weighted by atomic mass is 9.99. The molecule has 0 radical (unpaired) electrons. The van der Waals surface area contributed by atoms with Crippen LogP contribution < -0.4 is 5.32 Å². The lowest BCUT2D eigenvalue weighted by molar-refractivity contribution is 0.0949. The van der Waals surface area contributed by atoms with Crippen molar-refractivity contribution in [2.45, 2.75) is 31.5 Å². The lowest BCUT2D eigenvalue weighted by Crippen LogP contribution is -2.32. The van der Waals surface area contributed by atoms with E-state index >= 15 is 0 Å². The summed E-state index contributed by atoms with van der Waals surface area (Å²) >= 11 is 6.86. The van der Waals surface area contributed by atoms with Gasteiger partial charge in [0.05, 0.1) is 5.56 Å². The Morgan fingerprint density at radius 1 is 1.37 bits per heavy atom. The molecule has 0 aliphatic carbocycles. The Bertz CT molecular complexity index is 433. The monoisotopic (exact) mass is 391 g/mol. The number of carbonyl (C=O) groups excluding carboxylic acids is 1. The van der Waals surface area contributed by atoms with Crippen molar-refractivity contribution in [3.05, 3.63) is 28.2 Å². The highest BCUT2D eigenvalue weighted by molar-refractivity contribution is 9.10. The van der Waals surface area contributed by atoms with Crippen molar-refractivity contribution in [2.75, 3.05) is 6.54 Å². The van der Waals surface area contributed by atoms with Crippen LogP contribution in [0.5, 0.6) is 5.75 Å². The number of carbonyl (C=O) groups is 1. The third-order valence-electron chi connectivity index (χ3n) is 3.22. The zero-order chi connectivity index (χ0) is 14.4. The average Bonchev–Trinajstić information content (AvgIpc) is 2.37. The molecule has 5 heteroatoms. The first-order valence-electron chi connectivity index (χ1n) is 6.40. The van der Waals surface area contributed by atoms with Gasteiger partial charge >= 0.3 is 0 Å². The molecule has 1 aromatic rings. The molecule has 0 saturated carbocycles. The molecule has 0 saturated heterocycles. The Labute approximate surface area is 131 Å². The van der Waals surface area contributed by atoms with Gasteiger partial charge in [0.2, 0.25) is 0 Å². The normalized spacial score (nSPS) is 12.5. The molecule has 1 rings (SSSR count). The van der Waals surface area contributed by atoms with Crippen molar-refractivity contribution in [3.8, 4) is 5.75 Å². The number of aromatic hydroxyl groups is 1. The molecule has 0 fully saturated rings. The number of hydrogen-bond donors (Lipinski definition) is 2. The summed E-state index contributed by atoms with van der Waals surface area (Å²) in [7, 11) is 0. The molecule has 1 aromatic carbocycles. The smallest absolute Gasteiger partial charge is 0.255 e. The van der Waals surface area contributed by atoms with Crippen molar-refractivity contribution >= 4 is 37.8 Å². The van der Waals surface area contributed by atoms with E-state index < -0.39 is 0 Å². The number of halogens is 2. The highest BCUT2D eigenvalue weighted by atomic mass is 79.9. The molecule has 0 aliphatic heterocycles. The Kier molecular flexibility index (Phi) is 6.86. The zero-order valence-corrected chi connectivity index (χ0v) is 14.3. The van der Waals surface area contributed by atoms with E-state index in [4.69, 9.17) is 0 Å². The molecule has 19 heavy (non-hydrogen) atoms. The van der Waals surface area contributed by atoms with Crippen molar-refractivity contribution in [2.24, 2.45) is 5.92 Å². The highest BCUT2D eigenvalue weighted by Crippen LogP contribution is 2.23. The van der Waals surface area contributed by atoms with Gasteiger partial charge in [-0.2, -0.15) is 0 Å². The fourth-order valence-electron chi connectivity index (χ4n) is 1.95. The number of nitrogens with one attached hydrogen (secondary N) is 1. The van der Waals surface area contributed by atoms with E-state index in [0.29, 0.717) is 18.0 Å². The van der Waals surface area contributed by atoms with E-state index in [2.05, 4.69) is 51.0 Å². The van der Waals surface area contributed by atoms with E-state index in [0.717, 1.165) is 17.3 Å². The summed E-state index contributed by atoms with van der Waals surface area (Å²) in [5, 5.41) is 12.6. The van der Waals surface area contributed by atoms with Crippen LogP contribution in [0.25, 0.3) is 0 Å². The van der Waals surface area contributed by atoms with Crippen LogP contribution >= 0.6 is 31.9 Å². The Morgan fingerprint density at radius 3 is 2.53 bits per heavy atom. The summed E-state index contributed by atoms with van der Waals surface area (Å²) in [6.45, 7) is 4.84. The third-order valence-corrected chi connectivity index (χ3v) is 4.79. The summed E-state index contributed by atoms with van der Waals surface area (Å²) in [6, 6.07) is 4.86. The largest absolute Gasteiger partial charge is 0.507 e.